The van der Waals surface area contributed by atoms with Crippen LogP contribution in [0.4, 0.5) is 0 Å². The molecular weight excluding hydrogens is 200 g/mol. The van der Waals surface area contributed by atoms with E-state index >= 15 is 0 Å². The van der Waals surface area contributed by atoms with E-state index in [0.29, 0.717) is 12.1 Å². The molecule has 3 unspecified atom stereocenters. The van der Waals surface area contributed by atoms with Crippen LogP contribution in [0, 0.1) is 6.92 Å². The fraction of sp³-hybridized carbons (Fsp3) is 0.615. The minimum atomic E-state index is -0.176. The van der Waals surface area contributed by atoms with E-state index in [1.165, 1.54) is 5.56 Å². The molecule has 0 amide bonds. The van der Waals surface area contributed by atoms with Gasteiger partial charge in [0.25, 0.3) is 0 Å². The van der Waals surface area contributed by atoms with E-state index in [-0.39, 0.29) is 6.10 Å². The highest BCUT2D eigenvalue weighted by molar-refractivity contribution is 5.20. The third-order valence-corrected chi connectivity index (χ3v) is 3.60. The first-order chi connectivity index (χ1) is 7.58. The number of piperidine rings is 1. The molecule has 1 saturated heterocycles. The topological polar surface area (TPSA) is 36.4 Å². The van der Waals surface area contributed by atoms with Gasteiger partial charge in [-0.15, -0.1) is 0 Å². The van der Waals surface area contributed by atoms with Crippen molar-refractivity contribution in [2.24, 2.45) is 0 Å². The van der Waals surface area contributed by atoms with Crippen molar-refractivity contribution in [1.29, 1.82) is 0 Å². The zero-order valence-corrected chi connectivity index (χ0v) is 10.2. The molecule has 0 spiro atoms. The van der Waals surface area contributed by atoms with Gasteiger partial charge in [-0.05, 0) is 51.4 Å². The zero-order valence-electron chi connectivity index (χ0n) is 10.2. The molecule has 0 aromatic carbocycles. The number of hydrogen-bond acceptors (Lipinski definition) is 3. The van der Waals surface area contributed by atoms with E-state index in [0.717, 1.165) is 18.5 Å². The number of nitrogens with zero attached hydrogens (tertiary/aromatic N) is 2. The average Bonchev–Trinajstić information content (AvgIpc) is 2.23. The van der Waals surface area contributed by atoms with Gasteiger partial charge in [0.1, 0.15) is 0 Å². The third-order valence-electron chi connectivity index (χ3n) is 3.60. The summed E-state index contributed by atoms with van der Waals surface area (Å²) in [7, 11) is 2.14. The van der Waals surface area contributed by atoms with Crippen LogP contribution < -0.4 is 0 Å². The van der Waals surface area contributed by atoms with E-state index < -0.39 is 0 Å². The van der Waals surface area contributed by atoms with Crippen molar-refractivity contribution in [2.45, 2.75) is 44.9 Å². The molecule has 0 aliphatic carbocycles. The number of aliphatic hydroxyl groups excluding tert-OH is 1. The lowest BCUT2D eigenvalue weighted by Crippen LogP contribution is -2.42. The van der Waals surface area contributed by atoms with Gasteiger partial charge in [-0.3, -0.25) is 9.88 Å². The van der Waals surface area contributed by atoms with Crippen molar-refractivity contribution in [3.8, 4) is 0 Å². The van der Waals surface area contributed by atoms with E-state index in [2.05, 4.69) is 36.0 Å². The number of aromatic nitrogens is 1. The first-order valence-electron chi connectivity index (χ1n) is 5.90. The van der Waals surface area contributed by atoms with Gasteiger partial charge in [-0.25, -0.2) is 0 Å². The summed E-state index contributed by atoms with van der Waals surface area (Å²) in [4.78, 5) is 6.57. The molecule has 88 valence electrons. The highest BCUT2D eigenvalue weighted by atomic mass is 16.3. The SMILES string of the molecule is Cc1cc(C2CC(O)CC(C)N2C)ccn1. The minimum absolute atomic E-state index is 0.176. The summed E-state index contributed by atoms with van der Waals surface area (Å²) in [5.74, 6) is 0. The van der Waals surface area contributed by atoms with Crippen LogP contribution in [0.5, 0.6) is 0 Å². The van der Waals surface area contributed by atoms with Crippen LogP contribution in [0.15, 0.2) is 18.3 Å². The molecule has 1 aromatic heterocycles. The van der Waals surface area contributed by atoms with Crippen LogP contribution in [0.1, 0.15) is 37.1 Å². The molecular formula is C13H20N2O. The van der Waals surface area contributed by atoms with Gasteiger partial charge in [0.2, 0.25) is 0 Å². The van der Waals surface area contributed by atoms with Crippen molar-refractivity contribution in [2.75, 3.05) is 7.05 Å². The molecule has 1 N–H and O–H groups in total. The fourth-order valence-electron chi connectivity index (χ4n) is 2.53. The van der Waals surface area contributed by atoms with Gasteiger partial charge < -0.3 is 5.11 Å². The molecule has 1 aliphatic heterocycles. The van der Waals surface area contributed by atoms with Crippen LogP contribution >= 0.6 is 0 Å². The Morgan fingerprint density at radius 3 is 2.88 bits per heavy atom. The Bertz CT molecular complexity index is 367. The van der Waals surface area contributed by atoms with E-state index in [1.54, 1.807) is 0 Å². The van der Waals surface area contributed by atoms with E-state index in [9.17, 15) is 5.11 Å². The molecule has 0 saturated carbocycles. The summed E-state index contributed by atoms with van der Waals surface area (Å²) < 4.78 is 0. The van der Waals surface area contributed by atoms with E-state index in [1.807, 2.05) is 13.1 Å². The fourth-order valence-corrected chi connectivity index (χ4v) is 2.53. The zero-order chi connectivity index (χ0) is 11.7. The molecule has 2 rings (SSSR count). The summed E-state index contributed by atoms with van der Waals surface area (Å²) in [6.45, 7) is 4.18. The maximum absolute atomic E-state index is 9.86. The molecule has 3 atom stereocenters. The van der Waals surface area contributed by atoms with Crippen LogP contribution in [-0.4, -0.2) is 34.2 Å². The molecule has 2 heterocycles. The highest BCUT2D eigenvalue weighted by Gasteiger charge is 2.30. The number of hydrogen-bond donors (Lipinski definition) is 1. The molecule has 0 radical (unpaired) electrons. The molecule has 1 fully saturated rings. The van der Waals surface area contributed by atoms with Crippen LogP contribution in [0.2, 0.25) is 0 Å². The van der Waals surface area contributed by atoms with Crippen molar-refractivity contribution < 1.29 is 5.11 Å². The Balaban J connectivity index is 2.25. The van der Waals surface area contributed by atoms with Gasteiger partial charge in [0.15, 0.2) is 0 Å². The highest BCUT2D eigenvalue weighted by Crippen LogP contribution is 2.32. The summed E-state index contributed by atoms with van der Waals surface area (Å²) >= 11 is 0. The second-order valence-corrected chi connectivity index (χ2v) is 4.89. The standard InChI is InChI=1S/C13H20N2O/c1-9-6-11(4-5-14-9)13-8-12(16)7-10(2)15(13)3/h4-6,10,12-13,16H,7-8H2,1-3H3. The van der Waals surface area contributed by atoms with Crippen molar-refractivity contribution in [3.63, 3.8) is 0 Å². The van der Waals surface area contributed by atoms with Crippen molar-refractivity contribution in [3.05, 3.63) is 29.6 Å². The molecule has 3 nitrogen and oxygen atoms in total. The van der Waals surface area contributed by atoms with Crippen molar-refractivity contribution in [1.82, 2.24) is 9.88 Å². The van der Waals surface area contributed by atoms with Crippen LogP contribution in [0.3, 0.4) is 0 Å². The summed E-state index contributed by atoms with van der Waals surface area (Å²) in [5, 5.41) is 9.86. The second kappa shape index (κ2) is 4.52. The lowest BCUT2D eigenvalue weighted by Gasteiger charge is -2.40. The predicted molar refractivity (Wildman–Crippen MR) is 64.2 cm³/mol. The van der Waals surface area contributed by atoms with Gasteiger partial charge >= 0.3 is 0 Å². The Labute approximate surface area is 97.1 Å². The second-order valence-electron chi connectivity index (χ2n) is 4.89. The van der Waals surface area contributed by atoms with Gasteiger partial charge in [0.05, 0.1) is 6.10 Å². The quantitative estimate of drug-likeness (QED) is 0.785. The molecule has 1 aromatic rings. The molecule has 16 heavy (non-hydrogen) atoms. The smallest absolute Gasteiger partial charge is 0.0573 e. The van der Waals surface area contributed by atoms with E-state index in [4.69, 9.17) is 0 Å². The number of aryl methyl sites for hydroxylation is 1. The lowest BCUT2D eigenvalue weighted by molar-refractivity contribution is 0.0215. The Morgan fingerprint density at radius 1 is 1.44 bits per heavy atom. The van der Waals surface area contributed by atoms with Gasteiger partial charge in [-0.1, -0.05) is 0 Å². The van der Waals surface area contributed by atoms with Gasteiger partial charge in [-0.2, -0.15) is 0 Å². The average molecular weight is 220 g/mol. The predicted octanol–water partition coefficient (Wildman–Crippen LogP) is 1.91. The summed E-state index contributed by atoms with van der Waals surface area (Å²) in [5.41, 5.74) is 2.30. The first-order valence-corrected chi connectivity index (χ1v) is 5.90. The van der Waals surface area contributed by atoms with Gasteiger partial charge in [0, 0.05) is 24.0 Å². The van der Waals surface area contributed by atoms with Crippen LogP contribution in [0.25, 0.3) is 0 Å². The minimum Gasteiger partial charge on any atom is -0.393 e. The normalized spacial score (nSPS) is 31.6. The maximum atomic E-state index is 9.86. The number of aliphatic hydroxyl groups is 1. The molecule has 0 bridgehead atoms. The Kier molecular flexibility index (Phi) is 3.26. The largest absolute Gasteiger partial charge is 0.393 e. The Morgan fingerprint density at radius 2 is 2.19 bits per heavy atom. The molecule has 3 heteroatoms. The number of likely N-dealkylation sites (tertiary alicyclic amines) is 1. The lowest BCUT2D eigenvalue weighted by atomic mass is 9.90. The molecule has 1 aliphatic rings. The number of pyridine rings is 1. The third kappa shape index (κ3) is 2.25. The first kappa shape index (κ1) is 11.6. The van der Waals surface area contributed by atoms with Crippen LogP contribution in [-0.2, 0) is 0 Å². The maximum Gasteiger partial charge on any atom is 0.0573 e. The van der Waals surface area contributed by atoms with Crippen molar-refractivity contribution >= 4 is 0 Å². The Hall–Kier alpha value is -0.930. The summed E-state index contributed by atoms with van der Waals surface area (Å²) in [6.07, 6.45) is 3.37. The monoisotopic (exact) mass is 220 g/mol. The number of rotatable bonds is 1. The summed E-state index contributed by atoms with van der Waals surface area (Å²) in [6, 6.07) is 4.92.